The van der Waals surface area contributed by atoms with Crippen LogP contribution < -0.4 is 0 Å². The van der Waals surface area contributed by atoms with Gasteiger partial charge in [-0.3, -0.25) is 0 Å². The molecular formula is C19H34. The summed E-state index contributed by atoms with van der Waals surface area (Å²) in [5.41, 5.74) is 0. The van der Waals surface area contributed by atoms with Crippen LogP contribution in [0, 0.1) is 41.4 Å². The van der Waals surface area contributed by atoms with E-state index < -0.39 is 0 Å². The summed E-state index contributed by atoms with van der Waals surface area (Å²) < 4.78 is 0. The van der Waals surface area contributed by atoms with Gasteiger partial charge in [0.25, 0.3) is 0 Å². The third-order valence-electron chi connectivity index (χ3n) is 6.43. The molecule has 0 aliphatic heterocycles. The van der Waals surface area contributed by atoms with Gasteiger partial charge >= 0.3 is 0 Å². The molecule has 0 aromatic heterocycles. The van der Waals surface area contributed by atoms with Gasteiger partial charge in [0.1, 0.15) is 0 Å². The van der Waals surface area contributed by atoms with Gasteiger partial charge in [0.15, 0.2) is 0 Å². The van der Waals surface area contributed by atoms with Gasteiger partial charge in [-0.15, -0.1) is 0 Å². The average molecular weight is 262 g/mol. The largest absolute Gasteiger partial charge is 0.0654 e. The van der Waals surface area contributed by atoms with E-state index in [1.165, 1.54) is 25.7 Å². The third-order valence-corrected chi connectivity index (χ3v) is 6.43. The molecule has 7 unspecified atom stereocenters. The van der Waals surface area contributed by atoms with E-state index in [1.807, 2.05) is 0 Å². The molecule has 0 radical (unpaired) electrons. The molecule has 3 aliphatic rings. The molecule has 0 bridgehead atoms. The molecule has 0 heteroatoms. The summed E-state index contributed by atoms with van der Waals surface area (Å²) >= 11 is 0. The van der Waals surface area contributed by atoms with Crippen LogP contribution in [0.15, 0.2) is 0 Å². The van der Waals surface area contributed by atoms with Crippen molar-refractivity contribution in [3.05, 3.63) is 0 Å². The van der Waals surface area contributed by atoms with Gasteiger partial charge in [0.2, 0.25) is 0 Å². The van der Waals surface area contributed by atoms with E-state index in [9.17, 15) is 0 Å². The second-order valence-corrected chi connectivity index (χ2v) is 8.28. The minimum Gasteiger partial charge on any atom is -0.0654 e. The molecule has 0 aromatic carbocycles. The van der Waals surface area contributed by atoms with Crippen molar-refractivity contribution in [2.45, 2.75) is 78.6 Å². The van der Waals surface area contributed by atoms with Gasteiger partial charge in [-0.25, -0.2) is 0 Å². The third kappa shape index (κ3) is 3.76. The first-order valence-electron chi connectivity index (χ1n) is 9.21. The summed E-state index contributed by atoms with van der Waals surface area (Å²) in [4.78, 5) is 0. The molecule has 3 saturated carbocycles. The van der Waals surface area contributed by atoms with Crippen LogP contribution in [0.25, 0.3) is 0 Å². The molecule has 0 spiro atoms. The van der Waals surface area contributed by atoms with Crippen molar-refractivity contribution in [3.8, 4) is 0 Å². The van der Waals surface area contributed by atoms with Crippen LogP contribution in [-0.2, 0) is 0 Å². The monoisotopic (exact) mass is 262 g/mol. The molecule has 19 heavy (non-hydrogen) atoms. The standard InChI is InChI=1S/C19H34/c1-4-6-13(3)7-15-9-17(15)11-19-12-18(19)10-16-8-14(16)5-2/h13-19H,4-12H2,1-3H3. The minimum absolute atomic E-state index is 0.992. The molecule has 110 valence electrons. The van der Waals surface area contributed by atoms with Crippen molar-refractivity contribution in [3.63, 3.8) is 0 Å². The second kappa shape index (κ2) is 5.78. The van der Waals surface area contributed by atoms with Gasteiger partial charge < -0.3 is 0 Å². The zero-order valence-electron chi connectivity index (χ0n) is 13.4. The van der Waals surface area contributed by atoms with Crippen molar-refractivity contribution in [2.75, 3.05) is 0 Å². The molecule has 3 aliphatic carbocycles. The Morgan fingerprint density at radius 3 is 1.89 bits per heavy atom. The van der Waals surface area contributed by atoms with Crippen LogP contribution in [0.1, 0.15) is 78.6 Å². The molecule has 0 nitrogen and oxygen atoms in total. The lowest BCUT2D eigenvalue weighted by molar-refractivity contribution is 0.428. The van der Waals surface area contributed by atoms with Gasteiger partial charge in [-0.1, -0.05) is 40.0 Å². The fourth-order valence-electron chi connectivity index (χ4n) is 4.78. The van der Waals surface area contributed by atoms with E-state index >= 15 is 0 Å². The zero-order chi connectivity index (χ0) is 13.4. The Hall–Kier alpha value is 0. The second-order valence-electron chi connectivity index (χ2n) is 8.28. The number of hydrogen-bond donors (Lipinski definition) is 0. The van der Waals surface area contributed by atoms with E-state index in [-0.39, 0.29) is 0 Å². The van der Waals surface area contributed by atoms with Crippen molar-refractivity contribution in [1.82, 2.24) is 0 Å². The molecular weight excluding hydrogens is 228 g/mol. The van der Waals surface area contributed by atoms with Crippen LogP contribution in [0.5, 0.6) is 0 Å². The summed E-state index contributed by atoms with van der Waals surface area (Å²) in [6.07, 6.45) is 13.8. The van der Waals surface area contributed by atoms with E-state index in [2.05, 4.69) is 20.8 Å². The topological polar surface area (TPSA) is 0 Å². The summed E-state index contributed by atoms with van der Waals surface area (Å²) in [6, 6.07) is 0. The quantitative estimate of drug-likeness (QED) is 0.484. The number of hydrogen-bond acceptors (Lipinski definition) is 0. The SMILES string of the molecule is CCCC(C)CC1CC1CC1CC1CC1CC1CC. The Balaban J connectivity index is 1.26. The highest BCUT2D eigenvalue weighted by molar-refractivity contribution is 4.98. The lowest BCUT2D eigenvalue weighted by atomic mass is 9.97. The highest BCUT2D eigenvalue weighted by Crippen LogP contribution is 2.58. The predicted molar refractivity (Wildman–Crippen MR) is 83.0 cm³/mol. The van der Waals surface area contributed by atoms with E-state index in [0.29, 0.717) is 0 Å². The van der Waals surface area contributed by atoms with Gasteiger partial charge in [-0.2, -0.15) is 0 Å². The minimum atomic E-state index is 0.992. The fourth-order valence-corrected chi connectivity index (χ4v) is 4.78. The number of rotatable bonds is 9. The fraction of sp³-hybridized carbons (Fsp3) is 1.00. The van der Waals surface area contributed by atoms with Gasteiger partial charge in [-0.05, 0) is 80.0 Å². The lowest BCUT2D eigenvalue weighted by Crippen LogP contribution is -1.97. The summed E-state index contributed by atoms with van der Waals surface area (Å²) in [5, 5.41) is 0. The maximum absolute atomic E-state index is 2.47. The van der Waals surface area contributed by atoms with Gasteiger partial charge in [0.05, 0.1) is 0 Å². The molecule has 3 fully saturated rings. The van der Waals surface area contributed by atoms with E-state index in [0.717, 1.165) is 41.4 Å². The highest BCUT2D eigenvalue weighted by atomic mass is 14.5. The molecule has 0 N–H and O–H groups in total. The first-order valence-corrected chi connectivity index (χ1v) is 9.21. The van der Waals surface area contributed by atoms with Crippen LogP contribution in [0.2, 0.25) is 0 Å². The maximum atomic E-state index is 2.47. The first kappa shape index (κ1) is 14.0. The van der Waals surface area contributed by atoms with Crippen LogP contribution in [-0.4, -0.2) is 0 Å². The van der Waals surface area contributed by atoms with Gasteiger partial charge in [0, 0.05) is 0 Å². The van der Waals surface area contributed by atoms with Crippen molar-refractivity contribution in [1.29, 1.82) is 0 Å². The van der Waals surface area contributed by atoms with E-state index in [4.69, 9.17) is 0 Å². The Kier molecular flexibility index (Phi) is 4.25. The molecule has 0 amide bonds. The summed E-state index contributed by atoms with van der Waals surface area (Å²) in [7, 11) is 0. The first-order chi connectivity index (χ1) is 9.21. The van der Waals surface area contributed by atoms with E-state index in [1.54, 1.807) is 32.1 Å². The van der Waals surface area contributed by atoms with Crippen LogP contribution in [0.4, 0.5) is 0 Å². The zero-order valence-corrected chi connectivity index (χ0v) is 13.4. The smallest absolute Gasteiger partial charge is 0.0380 e. The molecule has 0 heterocycles. The Labute approximate surface area is 120 Å². The van der Waals surface area contributed by atoms with Crippen molar-refractivity contribution < 1.29 is 0 Å². The predicted octanol–water partition coefficient (Wildman–Crippen LogP) is 5.91. The molecule has 0 saturated heterocycles. The summed E-state index contributed by atoms with van der Waals surface area (Å²) in [5.74, 6) is 7.88. The lowest BCUT2D eigenvalue weighted by Gasteiger charge is -2.09. The van der Waals surface area contributed by atoms with Crippen molar-refractivity contribution >= 4 is 0 Å². The van der Waals surface area contributed by atoms with Crippen LogP contribution in [0.3, 0.4) is 0 Å². The summed E-state index contributed by atoms with van der Waals surface area (Å²) in [6.45, 7) is 7.18. The maximum Gasteiger partial charge on any atom is -0.0380 e. The average Bonchev–Trinajstić information content (AvgIpc) is 3.24. The molecule has 7 atom stereocenters. The Morgan fingerprint density at radius 2 is 1.32 bits per heavy atom. The highest BCUT2D eigenvalue weighted by Gasteiger charge is 2.48. The Morgan fingerprint density at radius 1 is 0.789 bits per heavy atom. The Bertz CT molecular complexity index is 278. The normalized spacial score (nSPS) is 45.0. The molecule has 3 rings (SSSR count). The van der Waals surface area contributed by atoms with Crippen LogP contribution >= 0.6 is 0 Å². The van der Waals surface area contributed by atoms with Crippen molar-refractivity contribution in [2.24, 2.45) is 41.4 Å². The molecule has 0 aromatic rings.